The minimum Gasteiger partial charge on any atom is -0.425 e. The average molecular weight is 1110 g/mol. The zero-order chi connectivity index (χ0) is 57.0. The summed E-state index contributed by atoms with van der Waals surface area (Å²) in [4.78, 5) is 55.4. The van der Waals surface area contributed by atoms with Crippen molar-refractivity contribution in [2.24, 2.45) is 11.5 Å². The van der Waals surface area contributed by atoms with Crippen LogP contribution in [0.1, 0.15) is 67.5 Å². The van der Waals surface area contributed by atoms with Crippen LogP contribution in [0.3, 0.4) is 0 Å². The van der Waals surface area contributed by atoms with Gasteiger partial charge in [-0.05, 0) is 69.8 Å². The van der Waals surface area contributed by atoms with Gasteiger partial charge in [-0.15, -0.1) is 0 Å². The third kappa shape index (κ3) is 16.1. The van der Waals surface area contributed by atoms with Crippen LogP contribution in [0.2, 0.25) is 0 Å². The summed E-state index contributed by atoms with van der Waals surface area (Å²) in [6.45, 7) is -4.05. The van der Waals surface area contributed by atoms with Crippen LogP contribution in [0.15, 0.2) is 158 Å². The molecule has 6 aromatic carbocycles. The molecule has 78 heavy (non-hydrogen) atoms. The second kappa shape index (κ2) is 25.6. The summed E-state index contributed by atoms with van der Waals surface area (Å²) >= 11 is 0. The number of amides is 2. The summed E-state index contributed by atoms with van der Waals surface area (Å²) in [6.07, 6.45) is -26.2. The SMILES string of the molecule is NCC(=O)NC(C(OCc1cc(C(F)(F)F)cc(C(F)(F)F)c1)OC(=O)C(=O)OC(OCc1cc(C(F)(F)F)cc(C(F)(F)F)c1)C(NC(=O)CN)C(c1ccccc1)c1ccccc1)C(c1ccccc1)c1ccccc1. The number of nitrogens with one attached hydrogen (secondary N) is 2. The molecule has 414 valence electrons. The van der Waals surface area contributed by atoms with E-state index in [-0.39, 0.29) is 12.1 Å². The Labute approximate surface area is 436 Å². The molecule has 4 atom stereocenters. The van der Waals surface area contributed by atoms with Crippen molar-refractivity contribution in [3.05, 3.63) is 213 Å². The molecule has 0 heterocycles. The third-order valence-corrected chi connectivity index (χ3v) is 11.7. The first-order valence-corrected chi connectivity index (χ1v) is 23.2. The first kappa shape index (κ1) is 59.4. The number of carbonyl (C=O) groups is 4. The van der Waals surface area contributed by atoms with E-state index in [9.17, 15) is 71.9 Å². The van der Waals surface area contributed by atoms with Crippen LogP contribution in [0.5, 0.6) is 0 Å². The summed E-state index contributed by atoms with van der Waals surface area (Å²) in [5.41, 5.74) is 3.98. The van der Waals surface area contributed by atoms with Crippen molar-refractivity contribution in [1.82, 2.24) is 10.6 Å². The normalized spacial score (nSPS) is 13.8. The lowest BCUT2D eigenvalue weighted by atomic mass is 9.84. The second-order valence-corrected chi connectivity index (χ2v) is 17.2. The Morgan fingerprint density at radius 2 is 0.641 bits per heavy atom. The summed E-state index contributed by atoms with van der Waals surface area (Å²) in [5, 5.41) is 5.00. The molecule has 0 aliphatic carbocycles. The van der Waals surface area contributed by atoms with Gasteiger partial charge in [-0.2, -0.15) is 52.7 Å². The minimum atomic E-state index is -5.34. The lowest BCUT2D eigenvalue weighted by Crippen LogP contribution is -2.53. The maximum absolute atomic E-state index is 14.4. The third-order valence-electron chi connectivity index (χ3n) is 11.7. The molecule has 0 fully saturated rings. The molecule has 0 spiro atoms. The molecule has 6 N–H and O–H groups in total. The number of benzene rings is 6. The van der Waals surface area contributed by atoms with E-state index in [2.05, 4.69) is 10.6 Å². The Morgan fingerprint density at radius 3 is 0.859 bits per heavy atom. The van der Waals surface area contributed by atoms with Crippen LogP contribution in [-0.4, -0.2) is 61.5 Å². The van der Waals surface area contributed by atoms with Crippen molar-refractivity contribution in [3.8, 4) is 0 Å². The smallest absolute Gasteiger partial charge is 0.419 e. The fourth-order valence-electron chi connectivity index (χ4n) is 8.25. The molecule has 6 aromatic rings. The first-order chi connectivity index (χ1) is 36.8. The number of rotatable bonds is 20. The fourth-order valence-corrected chi connectivity index (χ4v) is 8.25. The maximum Gasteiger partial charge on any atom is 0.419 e. The molecule has 2 amide bonds. The Morgan fingerprint density at radius 1 is 0.397 bits per heavy atom. The highest BCUT2D eigenvalue weighted by atomic mass is 19.4. The van der Waals surface area contributed by atoms with Gasteiger partial charge in [-0.25, -0.2) is 9.59 Å². The molecular weight excluding hydrogens is 1060 g/mol. The molecule has 0 saturated heterocycles. The van der Waals surface area contributed by atoms with E-state index in [1.807, 2.05) is 0 Å². The standard InChI is InChI=1S/C54H46F12N4O8/c55-51(56,57)37-21-31(22-38(25-37)52(58,59)60)29-75-49(45(69-41(71)27-67)43(33-13-5-1-6-14-33)34-15-7-2-8-16-34)77-47(73)48(74)78-50(76-30-32-23-39(53(61,62)63)26-40(24-32)54(64,65)66)46(70-42(72)28-68)44(35-17-9-3-10-18-35)36-19-11-4-12-20-36/h1-26,43-46,49-50H,27-30,67-68H2,(H,69,71)(H,70,72). The zero-order valence-electron chi connectivity index (χ0n) is 40.3. The molecular formula is C54H46F12N4O8. The molecule has 0 saturated carbocycles. The number of carbonyl (C=O) groups excluding carboxylic acids is 4. The zero-order valence-corrected chi connectivity index (χ0v) is 40.3. The van der Waals surface area contributed by atoms with Crippen molar-refractivity contribution in [1.29, 1.82) is 0 Å². The highest BCUT2D eigenvalue weighted by Gasteiger charge is 2.43. The summed E-state index contributed by atoms with van der Waals surface area (Å²) in [7, 11) is 0. The maximum atomic E-state index is 14.4. The lowest BCUT2D eigenvalue weighted by Gasteiger charge is -2.35. The van der Waals surface area contributed by atoms with Gasteiger partial charge in [0, 0.05) is 11.8 Å². The van der Waals surface area contributed by atoms with Gasteiger partial charge >= 0.3 is 36.6 Å². The van der Waals surface area contributed by atoms with Crippen molar-refractivity contribution in [3.63, 3.8) is 0 Å². The van der Waals surface area contributed by atoms with Crippen molar-refractivity contribution in [2.75, 3.05) is 13.1 Å². The van der Waals surface area contributed by atoms with Crippen molar-refractivity contribution in [2.45, 2.75) is 74.4 Å². The van der Waals surface area contributed by atoms with Crippen LogP contribution in [0.4, 0.5) is 52.7 Å². The van der Waals surface area contributed by atoms with Gasteiger partial charge in [0.2, 0.25) is 24.4 Å². The van der Waals surface area contributed by atoms with Crippen LogP contribution in [0, 0.1) is 0 Å². The Hall–Kier alpha value is -7.80. The van der Waals surface area contributed by atoms with Gasteiger partial charge in [-0.3, -0.25) is 9.59 Å². The highest BCUT2D eigenvalue weighted by molar-refractivity contribution is 6.29. The topological polar surface area (TPSA) is 181 Å². The molecule has 0 aliphatic heterocycles. The largest absolute Gasteiger partial charge is 0.425 e. The van der Waals surface area contributed by atoms with E-state index in [1.54, 1.807) is 72.8 Å². The number of halogens is 12. The number of hydrogen-bond donors (Lipinski definition) is 4. The van der Waals surface area contributed by atoms with Crippen LogP contribution >= 0.6 is 0 Å². The molecule has 6 rings (SSSR count). The van der Waals surface area contributed by atoms with E-state index in [0.29, 0.717) is 46.5 Å². The number of alkyl halides is 12. The lowest BCUT2D eigenvalue weighted by molar-refractivity contribution is -0.213. The highest BCUT2D eigenvalue weighted by Crippen LogP contribution is 2.40. The van der Waals surface area contributed by atoms with Gasteiger partial charge in [0.25, 0.3) is 0 Å². The summed E-state index contributed by atoms with van der Waals surface area (Å²) < 4.78 is 191. The molecule has 0 aliphatic rings. The van der Waals surface area contributed by atoms with Crippen LogP contribution in [0.25, 0.3) is 0 Å². The fraction of sp³-hybridized carbons (Fsp3) is 0.259. The van der Waals surface area contributed by atoms with Crippen LogP contribution < -0.4 is 22.1 Å². The number of hydrogen-bond acceptors (Lipinski definition) is 10. The van der Waals surface area contributed by atoms with Crippen LogP contribution in [-0.2, 0) is 76.0 Å². The molecule has 0 radical (unpaired) electrons. The first-order valence-electron chi connectivity index (χ1n) is 23.2. The molecule has 4 unspecified atom stereocenters. The average Bonchev–Trinajstić information content (AvgIpc) is 3.42. The summed E-state index contributed by atoms with van der Waals surface area (Å²) in [6, 6.07) is 28.4. The predicted octanol–water partition coefficient (Wildman–Crippen LogP) is 9.78. The van der Waals surface area contributed by atoms with Gasteiger partial charge in [0.05, 0.1) is 48.6 Å². The van der Waals surface area contributed by atoms with E-state index in [1.165, 1.54) is 48.5 Å². The van der Waals surface area contributed by atoms with E-state index >= 15 is 0 Å². The Bertz CT molecular complexity index is 2620. The second-order valence-electron chi connectivity index (χ2n) is 17.2. The number of esters is 2. The number of nitrogens with two attached hydrogens (primary N) is 2. The molecule has 24 heteroatoms. The van der Waals surface area contributed by atoms with Crippen molar-refractivity contribution >= 4 is 23.8 Å². The van der Waals surface area contributed by atoms with Gasteiger partial charge < -0.3 is 41.0 Å². The van der Waals surface area contributed by atoms with E-state index in [4.69, 9.17) is 30.4 Å². The minimum absolute atomic E-state index is 0.160. The van der Waals surface area contributed by atoms with E-state index < -0.39 is 145 Å². The van der Waals surface area contributed by atoms with Gasteiger partial charge in [0.15, 0.2) is 0 Å². The molecule has 0 bridgehead atoms. The quantitative estimate of drug-likeness (QED) is 0.0249. The number of ether oxygens (including phenoxy) is 4. The van der Waals surface area contributed by atoms with Crippen molar-refractivity contribution < 1.29 is 90.8 Å². The van der Waals surface area contributed by atoms with Gasteiger partial charge in [0.1, 0.15) is 12.1 Å². The molecule has 12 nitrogen and oxygen atoms in total. The molecule has 0 aromatic heterocycles. The predicted molar refractivity (Wildman–Crippen MR) is 254 cm³/mol. The van der Waals surface area contributed by atoms with E-state index in [0.717, 1.165) is 0 Å². The Kier molecular flexibility index (Phi) is 19.5. The monoisotopic (exact) mass is 1110 g/mol. The Balaban J connectivity index is 1.49. The summed E-state index contributed by atoms with van der Waals surface area (Å²) in [5.74, 6) is -8.63. The van der Waals surface area contributed by atoms with Gasteiger partial charge in [-0.1, -0.05) is 121 Å².